The van der Waals surface area contributed by atoms with Gasteiger partial charge in [-0.25, -0.2) is 0 Å². The van der Waals surface area contributed by atoms with Crippen LogP contribution in [0.1, 0.15) is 33.4 Å². The Hall–Kier alpha value is -5.42. The summed E-state index contributed by atoms with van der Waals surface area (Å²) in [5, 5.41) is 0. The van der Waals surface area contributed by atoms with E-state index >= 15 is 0 Å². The lowest BCUT2D eigenvalue weighted by atomic mass is 9.96. The lowest BCUT2D eigenvalue weighted by Gasteiger charge is -2.05. The van der Waals surface area contributed by atoms with Gasteiger partial charge in [0.15, 0.2) is 0 Å². The van der Waals surface area contributed by atoms with Crippen molar-refractivity contribution in [2.75, 3.05) is 0 Å². The third kappa shape index (κ3) is 5.08. The predicted octanol–water partition coefficient (Wildman–Crippen LogP) is 5.35. The molecular formula is C30H22N8. The smallest absolute Gasteiger partial charge is 0.329 e. The van der Waals surface area contributed by atoms with Crippen LogP contribution in [0.25, 0.3) is 33.8 Å². The molecule has 0 radical (unpaired) electrons. The molecule has 5 rings (SSSR count). The van der Waals surface area contributed by atoms with Gasteiger partial charge in [-0.2, -0.15) is 9.58 Å². The molecule has 38 heavy (non-hydrogen) atoms. The number of nitrogens with zero attached hydrogens (tertiary/aromatic N) is 8. The summed E-state index contributed by atoms with van der Waals surface area (Å²) < 4.78 is 0. The largest absolute Gasteiger partial charge is 0.361 e. The van der Waals surface area contributed by atoms with Crippen molar-refractivity contribution < 1.29 is 9.58 Å². The molecule has 5 aromatic rings. The molecule has 182 valence electrons. The van der Waals surface area contributed by atoms with Gasteiger partial charge in [0.25, 0.3) is 0 Å². The molecule has 0 saturated carbocycles. The maximum absolute atomic E-state index is 9.98. The van der Waals surface area contributed by atoms with Crippen LogP contribution in [0.2, 0.25) is 0 Å². The van der Waals surface area contributed by atoms with Gasteiger partial charge in [0.05, 0.1) is 45.0 Å². The van der Waals surface area contributed by atoms with Gasteiger partial charge in [0, 0.05) is 24.8 Å². The van der Waals surface area contributed by atoms with Gasteiger partial charge in [-0.15, -0.1) is 0 Å². The second-order valence-electron chi connectivity index (χ2n) is 8.77. The molecule has 0 bridgehead atoms. The number of aromatic nitrogens is 4. The second kappa shape index (κ2) is 10.7. The van der Waals surface area contributed by atoms with E-state index in [1.807, 2.05) is 68.4 Å². The average Bonchev–Trinajstić information content (AvgIpc) is 2.95. The topological polar surface area (TPSA) is 124 Å². The van der Waals surface area contributed by atoms with Crippen LogP contribution in [-0.2, 0) is 0 Å². The van der Waals surface area contributed by atoms with Crippen LogP contribution in [0.5, 0.6) is 0 Å². The van der Waals surface area contributed by atoms with Crippen molar-refractivity contribution in [2.45, 2.75) is 13.8 Å². The van der Waals surface area contributed by atoms with Crippen LogP contribution in [0.4, 0.5) is 0 Å². The summed E-state index contributed by atoms with van der Waals surface area (Å²) in [7, 11) is 0. The normalized spacial score (nSPS) is 10.4. The molecule has 0 atom stereocenters. The molecule has 8 nitrogen and oxygen atoms in total. The number of hydrogen-bond acceptors (Lipinski definition) is 4. The van der Waals surface area contributed by atoms with Gasteiger partial charge in [-0.3, -0.25) is 19.9 Å². The van der Waals surface area contributed by atoms with Crippen molar-refractivity contribution in [2.24, 2.45) is 0 Å². The zero-order valence-electron chi connectivity index (χ0n) is 20.8. The molecule has 0 unspecified atom stereocenters. The highest BCUT2D eigenvalue weighted by atomic mass is 14.9. The van der Waals surface area contributed by atoms with Crippen LogP contribution in [0, 0.1) is 13.8 Å². The fraction of sp³-hybridized carbons (Fsp3) is 0.0667. The SMILES string of the molecule is Cc1ccnc(-c2cc(C(=[N+]=[N-])c3cccc(C(=[N+]=[N-])c4ccnc(-c5cc(C)ccn5)c4)c3)ccn2)c1. The molecule has 0 spiro atoms. The Kier molecular flexibility index (Phi) is 6.83. The summed E-state index contributed by atoms with van der Waals surface area (Å²) >= 11 is 0. The van der Waals surface area contributed by atoms with Crippen LogP contribution >= 0.6 is 0 Å². The zero-order valence-corrected chi connectivity index (χ0v) is 20.8. The second-order valence-corrected chi connectivity index (χ2v) is 8.77. The highest BCUT2D eigenvalue weighted by Gasteiger charge is 2.22. The van der Waals surface area contributed by atoms with Crippen molar-refractivity contribution in [3.05, 3.63) is 142 Å². The lowest BCUT2D eigenvalue weighted by molar-refractivity contribution is -0.00289. The summed E-state index contributed by atoms with van der Waals surface area (Å²) in [6.07, 6.45) is 6.78. The number of benzene rings is 1. The average molecular weight is 495 g/mol. The first-order valence-corrected chi connectivity index (χ1v) is 11.9. The fourth-order valence-corrected chi connectivity index (χ4v) is 4.17. The first-order chi connectivity index (χ1) is 18.6. The van der Waals surface area contributed by atoms with E-state index in [1.54, 1.807) is 43.0 Å². The summed E-state index contributed by atoms with van der Waals surface area (Å²) in [5.74, 6) is 0. The maximum atomic E-state index is 9.98. The molecule has 0 saturated heterocycles. The molecule has 0 amide bonds. The Bertz CT molecular complexity index is 1640. The minimum atomic E-state index is 0.347. The van der Waals surface area contributed by atoms with E-state index in [9.17, 15) is 11.1 Å². The Morgan fingerprint density at radius 2 is 0.868 bits per heavy atom. The molecule has 8 heteroatoms. The van der Waals surface area contributed by atoms with Crippen LogP contribution in [-0.4, -0.2) is 40.9 Å². The third-order valence-electron chi connectivity index (χ3n) is 6.03. The first kappa shape index (κ1) is 24.3. The van der Waals surface area contributed by atoms with E-state index in [1.165, 1.54) is 0 Å². The van der Waals surface area contributed by atoms with Gasteiger partial charge in [0.1, 0.15) is 0 Å². The molecule has 4 aromatic heterocycles. The predicted molar refractivity (Wildman–Crippen MR) is 145 cm³/mol. The minimum Gasteiger partial charge on any atom is -0.361 e. The van der Waals surface area contributed by atoms with E-state index in [-0.39, 0.29) is 0 Å². The Balaban J connectivity index is 1.51. The van der Waals surface area contributed by atoms with E-state index < -0.39 is 0 Å². The molecular weight excluding hydrogens is 472 g/mol. The molecule has 0 N–H and O–H groups in total. The van der Waals surface area contributed by atoms with Gasteiger partial charge >= 0.3 is 11.4 Å². The summed E-state index contributed by atoms with van der Waals surface area (Å²) in [6.45, 7) is 3.98. The quantitative estimate of drug-likeness (QED) is 0.179. The lowest BCUT2D eigenvalue weighted by Crippen LogP contribution is -2.10. The molecule has 4 heterocycles. The molecule has 0 aliphatic heterocycles. The number of aryl methyl sites for hydroxylation is 2. The maximum Gasteiger partial charge on any atom is 0.329 e. The number of hydrogen-bond donors (Lipinski definition) is 0. The summed E-state index contributed by atoms with van der Waals surface area (Å²) in [6, 6.07) is 22.2. The fourth-order valence-electron chi connectivity index (χ4n) is 4.17. The monoisotopic (exact) mass is 494 g/mol. The van der Waals surface area contributed by atoms with Crippen LogP contribution < -0.4 is 0 Å². The third-order valence-corrected chi connectivity index (χ3v) is 6.03. The van der Waals surface area contributed by atoms with E-state index in [4.69, 9.17) is 0 Å². The first-order valence-electron chi connectivity index (χ1n) is 11.9. The van der Waals surface area contributed by atoms with Crippen molar-refractivity contribution >= 4 is 11.4 Å². The highest BCUT2D eigenvalue weighted by Crippen LogP contribution is 2.21. The van der Waals surface area contributed by atoms with Gasteiger partial charge < -0.3 is 11.1 Å². The van der Waals surface area contributed by atoms with Gasteiger partial charge in [-0.05, 0) is 91.7 Å². The van der Waals surface area contributed by atoms with Gasteiger partial charge in [0.2, 0.25) is 0 Å². The van der Waals surface area contributed by atoms with Crippen molar-refractivity contribution in [1.29, 1.82) is 0 Å². The summed E-state index contributed by atoms with van der Waals surface area (Å²) in [5.41, 5.74) is 28.2. The molecule has 0 aliphatic carbocycles. The Morgan fingerprint density at radius 1 is 0.500 bits per heavy atom. The van der Waals surface area contributed by atoms with E-state index in [0.717, 1.165) is 22.5 Å². The molecule has 0 aliphatic rings. The number of pyridine rings is 4. The van der Waals surface area contributed by atoms with Crippen molar-refractivity contribution in [1.82, 2.24) is 19.9 Å². The molecule has 0 fully saturated rings. The standard InChI is InChI=1S/C30H22N8/c1-19-6-10-33-25(14-19)27-17-23(8-12-35-27)29(37-31)21-4-3-5-22(16-21)30(38-32)24-9-13-36-28(18-24)26-15-20(2)7-11-34-26/h3-18H,1-2H3. The van der Waals surface area contributed by atoms with E-state index in [0.29, 0.717) is 45.1 Å². The zero-order chi connectivity index (χ0) is 26.5. The van der Waals surface area contributed by atoms with Gasteiger partial charge in [-0.1, -0.05) is 6.07 Å². The minimum absolute atomic E-state index is 0.347. The van der Waals surface area contributed by atoms with Crippen LogP contribution in [0.3, 0.4) is 0 Å². The van der Waals surface area contributed by atoms with Crippen molar-refractivity contribution in [3.8, 4) is 22.8 Å². The summed E-state index contributed by atoms with van der Waals surface area (Å²) in [4.78, 5) is 24.9. The molecule has 1 aromatic carbocycles. The van der Waals surface area contributed by atoms with Crippen molar-refractivity contribution in [3.63, 3.8) is 0 Å². The Labute approximate surface area is 219 Å². The Morgan fingerprint density at radius 3 is 1.26 bits per heavy atom. The number of rotatable bonds is 6. The van der Waals surface area contributed by atoms with E-state index in [2.05, 4.69) is 29.5 Å². The highest BCUT2D eigenvalue weighted by molar-refractivity contribution is 6.13. The van der Waals surface area contributed by atoms with Crippen LogP contribution in [0.15, 0.2) is 97.6 Å².